The topological polar surface area (TPSA) is 77.8 Å². The Morgan fingerprint density at radius 2 is 2.00 bits per heavy atom. The molecule has 1 aromatic carbocycles. The Kier molecular flexibility index (Phi) is 3.77. The largest absolute Gasteiger partial charge is 0.397 e. The second kappa shape index (κ2) is 5.57. The van der Waals surface area contributed by atoms with Gasteiger partial charge in [0.15, 0.2) is 0 Å². The number of nitrogens with two attached hydrogens (primary N) is 1. The number of nitrogens with zero attached hydrogens (tertiary/aromatic N) is 3. The fourth-order valence-electron chi connectivity index (χ4n) is 1.93. The van der Waals surface area contributed by atoms with Crippen molar-refractivity contribution in [2.45, 2.75) is 6.92 Å². The highest BCUT2D eigenvalue weighted by Crippen LogP contribution is 2.35. The van der Waals surface area contributed by atoms with Crippen molar-refractivity contribution in [2.24, 2.45) is 0 Å². The van der Waals surface area contributed by atoms with E-state index in [9.17, 15) is 0 Å². The predicted molar refractivity (Wildman–Crippen MR) is 87.5 cm³/mol. The van der Waals surface area contributed by atoms with Gasteiger partial charge in [-0.3, -0.25) is 4.98 Å². The first kappa shape index (κ1) is 14.2. The van der Waals surface area contributed by atoms with Gasteiger partial charge in [0.05, 0.1) is 11.3 Å². The Bertz CT molecular complexity index is 816. The van der Waals surface area contributed by atoms with E-state index in [4.69, 9.17) is 10.3 Å². The molecule has 0 bridgehead atoms. The molecule has 21 heavy (non-hydrogen) atoms. The Morgan fingerprint density at radius 1 is 1.19 bits per heavy atom. The zero-order valence-electron chi connectivity index (χ0n) is 11.0. The average Bonchev–Trinajstić information content (AvgIpc) is 2.92. The minimum absolute atomic E-state index is 0.376. The number of hydrogen-bond acceptors (Lipinski definition) is 5. The molecule has 3 aromatic rings. The van der Waals surface area contributed by atoms with Crippen LogP contribution in [0, 0.1) is 6.92 Å². The average molecular weight is 410 g/mol. The summed E-state index contributed by atoms with van der Waals surface area (Å²) in [4.78, 5) is 8.48. The van der Waals surface area contributed by atoms with Gasteiger partial charge in [0.1, 0.15) is 0 Å². The van der Waals surface area contributed by atoms with E-state index in [0.717, 1.165) is 20.1 Å². The zero-order valence-corrected chi connectivity index (χ0v) is 14.1. The van der Waals surface area contributed by atoms with E-state index in [2.05, 4.69) is 47.0 Å². The van der Waals surface area contributed by atoms with Gasteiger partial charge in [0.25, 0.3) is 5.89 Å². The lowest BCUT2D eigenvalue weighted by Crippen LogP contribution is -1.92. The number of aromatic nitrogens is 3. The number of hydrogen-bond donors (Lipinski definition) is 1. The number of halogens is 2. The fraction of sp³-hybridized carbons (Fsp3) is 0.0714. The summed E-state index contributed by atoms with van der Waals surface area (Å²) < 4.78 is 6.99. The van der Waals surface area contributed by atoms with E-state index < -0.39 is 0 Å². The fourth-order valence-corrected chi connectivity index (χ4v) is 3.15. The molecule has 7 heteroatoms. The summed E-state index contributed by atoms with van der Waals surface area (Å²) >= 11 is 6.83. The van der Waals surface area contributed by atoms with Crippen LogP contribution in [-0.2, 0) is 0 Å². The first-order valence-electron chi connectivity index (χ1n) is 6.06. The second-order valence-corrected chi connectivity index (χ2v) is 6.23. The van der Waals surface area contributed by atoms with Gasteiger partial charge in [-0.05, 0) is 46.6 Å². The van der Waals surface area contributed by atoms with Gasteiger partial charge in [-0.2, -0.15) is 4.98 Å². The lowest BCUT2D eigenvalue weighted by atomic mass is 10.1. The van der Waals surface area contributed by atoms with Crippen LogP contribution in [0.15, 0.2) is 44.1 Å². The number of pyridine rings is 1. The van der Waals surface area contributed by atoms with E-state index in [-0.39, 0.29) is 0 Å². The summed E-state index contributed by atoms with van der Waals surface area (Å²) in [5, 5.41) is 4.02. The van der Waals surface area contributed by atoms with Crippen LogP contribution in [0.4, 0.5) is 5.69 Å². The normalized spacial score (nSPS) is 10.8. The summed E-state index contributed by atoms with van der Waals surface area (Å²) in [7, 11) is 0. The zero-order chi connectivity index (χ0) is 15.0. The van der Waals surface area contributed by atoms with Gasteiger partial charge in [0.2, 0.25) is 5.82 Å². The molecule has 5 nitrogen and oxygen atoms in total. The van der Waals surface area contributed by atoms with E-state index in [1.807, 2.05) is 25.1 Å². The van der Waals surface area contributed by atoms with Gasteiger partial charge in [-0.15, -0.1) is 0 Å². The summed E-state index contributed by atoms with van der Waals surface area (Å²) in [6, 6.07) is 5.56. The number of anilines is 1. The van der Waals surface area contributed by atoms with E-state index in [0.29, 0.717) is 23.0 Å². The Morgan fingerprint density at radius 3 is 2.76 bits per heavy atom. The smallest absolute Gasteiger partial charge is 0.260 e. The minimum Gasteiger partial charge on any atom is -0.397 e. The Labute approximate surface area is 137 Å². The van der Waals surface area contributed by atoms with E-state index >= 15 is 0 Å². The molecule has 2 aromatic heterocycles. The maximum Gasteiger partial charge on any atom is 0.260 e. The Hall–Kier alpha value is -1.73. The molecule has 3 rings (SSSR count). The molecule has 0 fully saturated rings. The second-order valence-electron chi connectivity index (χ2n) is 4.46. The molecule has 0 radical (unpaired) electrons. The highest BCUT2D eigenvalue weighted by atomic mass is 79.9. The number of nitrogen functional groups attached to an aromatic ring is 1. The van der Waals surface area contributed by atoms with Gasteiger partial charge in [-0.25, -0.2) is 0 Å². The van der Waals surface area contributed by atoms with Crippen LogP contribution >= 0.6 is 31.9 Å². The lowest BCUT2D eigenvalue weighted by Gasteiger charge is -2.04. The van der Waals surface area contributed by atoms with Crippen molar-refractivity contribution in [1.82, 2.24) is 15.1 Å². The van der Waals surface area contributed by atoms with Crippen molar-refractivity contribution in [2.75, 3.05) is 5.73 Å². The van der Waals surface area contributed by atoms with E-state index in [1.54, 1.807) is 12.4 Å². The molecule has 0 saturated carbocycles. The predicted octanol–water partition coefficient (Wildman–Crippen LogP) is 4.21. The Balaban J connectivity index is 2.09. The monoisotopic (exact) mass is 408 g/mol. The van der Waals surface area contributed by atoms with E-state index in [1.165, 1.54) is 0 Å². The van der Waals surface area contributed by atoms with Crippen molar-refractivity contribution in [3.63, 3.8) is 0 Å². The molecular formula is C14H10Br2N4O. The van der Waals surface area contributed by atoms with Crippen molar-refractivity contribution >= 4 is 37.5 Å². The van der Waals surface area contributed by atoms with Crippen molar-refractivity contribution in [3.05, 3.63) is 45.1 Å². The van der Waals surface area contributed by atoms with Crippen LogP contribution < -0.4 is 5.73 Å². The van der Waals surface area contributed by atoms with Crippen LogP contribution in [0.3, 0.4) is 0 Å². The first-order chi connectivity index (χ1) is 10.1. The minimum atomic E-state index is 0.376. The SMILES string of the molecule is Cc1cnccc1-c1noc(-c2cc(Br)cc(Br)c2N)n1. The van der Waals surface area contributed by atoms with Crippen molar-refractivity contribution < 1.29 is 4.52 Å². The third-order valence-corrected chi connectivity index (χ3v) is 4.13. The lowest BCUT2D eigenvalue weighted by molar-refractivity contribution is 0.432. The third-order valence-electron chi connectivity index (χ3n) is 3.01. The molecule has 0 aliphatic carbocycles. The van der Waals surface area contributed by atoms with Crippen LogP contribution in [0.1, 0.15) is 5.56 Å². The van der Waals surface area contributed by atoms with Gasteiger partial charge < -0.3 is 10.3 Å². The number of aryl methyl sites for hydroxylation is 1. The molecule has 0 unspecified atom stereocenters. The van der Waals surface area contributed by atoms with Crippen LogP contribution in [-0.4, -0.2) is 15.1 Å². The highest BCUT2D eigenvalue weighted by Gasteiger charge is 2.16. The maximum atomic E-state index is 6.06. The number of rotatable bonds is 2. The van der Waals surface area contributed by atoms with Crippen LogP contribution in [0.25, 0.3) is 22.8 Å². The van der Waals surface area contributed by atoms with Crippen molar-refractivity contribution in [3.8, 4) is 22.8 Å². The molecule has 0 aliphatic rings. The van der Waals surface area contributed by atoms with Gasteiger partial charge in [-0.1, -0.05) is 21.1 Å². The summed E-state index contributed by atoms with van der Waals surface area (Å²) in [5.41, 5.74) is 9.16. The summed E-state index contributed by atoms with van der Waals surface area (Å²) in [6.45, 7) is 1.95. The maximum absolute atomic E-state index is 6.06. The summed E-state index contributed by atoms with van der Waals surface area (Å²) in [6.07, 6.45) is 3.46. The summed E-state index contributed by atoms with van der Waals surface area (Å²) in [5.74, 6) is 0.890. The van der Waals surface area contributed by atoms with Crippen LogP contribution in [0.5, 0.6) is 0 Å². The first-order valence-corrected chi connectivity index (χ1v) is 7.64. The molecular weight excluding hydrogens is 400 g/mol. The molecule has 0 aliphatic heterocycles. The van der Waals surface area contributed by atoms with Crippen molar-refractivity contribution in [1.29, 1.82) is 0 Å². The molecule has 0 saturated heterocycles. The molecule has 0 spiro atoms. The number of benzene rings is 1. The standard InChI is InChI=1S/C14H10Br2N4O/c1-7-6-18-3-2-9(7)13-19-14(21-20-13)10-4-8(15)5-11(16)12(10)17/h2-6H,17H2,1H3. The highest BCUT2D eigenvalue weighted by molar-refractivity contribution is 9.11. The third kappa shape index (κ3) is 2.71. The molecule has 0 amide bonds. The molecule has 2 N–H and O–H groups in total. The molecule has 0 atom stereocenters. The molecule has 106 valence electrons. The quantitative estimate of drug-likeness (QED) is 0.641. The van der Waals surface area contributed by atoms with Gasteiger partial charge >= 0.3 is 0 Å². The molecule has 2 heterocycles. The van der Waals surface area contributed by atoms with Crippen LogP contribution in [0.2, 0.25) is 0 Å². The van der Waals surface area contributed by atoms with Gasteiger partial charge in [0, 0.05) is 26.9 Å².